The number of carbonyl (C=O) groups excluding carboxylic acids is 1. The lowest BCUT2D eigenvalue weighted by atomic mass is 9.58. The van der Waals surface area contributed by atoms with E-state index in [1.165, 1.54) is 0 Å². The summed E-state index contributed by atoms with van der Waals surface area (Å²) in [5.41, 5.74) is 0.905. The van der Waals surface area contributed by atoms with Gasteiger partial charge >= 0.3 is 0 Å². The monoisotopic (exact) mass is 331 g/mol. The van der Waals surface area contributed by atoms with Crippen molar-refractivity contribution in [2.24, 2.45) is 5.41 Å². The van der Waals surface area contributed by atoms with E-state index in [1.54, 1.807) is 36.0 Å². The number of methoxy groups -OCH3 is 1. The van der Waals surface area contributed by atoms with Crippen LogP contribution in [0.4, 0.5) is 0 Å². The molecule has 2 fully saturated rings. The van der Waals surface area contributed by atoms with Crippen LogP contribution < -0.4 is 10.1 Å². The van der Waals surface area contributed by atoms with E-state index >= 15 is 0 Å². The molecule has 1 amide bonds. The highest BCUT2D eigenvalue weighted by Gasteiger charge is 2.55. The molecule has 0 radical (unpaired) electrons. The highest BCUT2D eigenvalue weighted by atomic mass is 16.5. The summed E-state index contributed by atoms with van der Waals surface area (Å²) in [5, 5.41) is 13.3. The number of hydrogen-bond donors (Lipinski definition) is 2. The van der Waals surface area contributed by atoms with Crippen molar-refractivity contribution < 1.29 is 19.4 Å². The van der Waals surface area contributed by atoms with Crippen molar-refractivity contribution in [3.05, 3.63) is 30.2 Å². The fraction of sp³-hybridized carbons (Fsp3) is 0.529. The molecular formula is C17H21N3O4. The van der Waals surface area contributed by atoms with E-state index in [0.29, 0.717) is 36.7 Å². The number of pyridine rings is 1. The van der Waals surface area contributed by atoms with E-state index < -0.39 is 0 Å². The minimum Gasteiger partial charge on any atom is -0.497 e. The lowest BCUT2D eigenvalue weighted by molar-refractivity contribution is -0.145. The van der Waals surface area contributed by atoms with Gasteiger partial charge in [-0.1, -0.05) is 0 Å². The van der Waals surface area contributed by atoms with Gasteiger partial charge in [-0.15, -0.1) is 0 Å². The van der Waals surface area contributed by atoms with Gasteiger partial charge in [-0.3, -0.25) is 9.20 Å². The van der Waals surface area contributed by atoms with Crippen LogP contribution in [0.1, 0.15) is 29.8 Å². The zero-order chi connectivity index (χ0) is 16.7. The molecule has 4 rings (SSSR count). The van der Waals surface area contributed by atoms with Gasteiger partial charge in [0.25, 0.3) is 5.91 Å². The third kappa shape index (κ3) is 2.27. The molecule has 2 N–H and O–H groups in total. The van der Waals surface area contributed by atoms with E-state index in [4.69, 9.17) is 9.47 Å². The third-order valence-corrected chi connectivity index (χ3v) is 5.50. The number of carbonyl (C=O) groups is 1. The number of aliphatic hydroxyl groups is 1. The number of nitrogens with zero attached hydrogens (tertiary/aromatic N) is 2. The minimum absolute atomic E-state index is 0.0206. The summed E-state index contributed by atoms with van der Waals surface area (Å²) < 4.78 is 12.3. The highest BCUT2D eigenvalue weighted by Crippen LogP contribution is 2.49. The molecule has 7 heteroatoms. The van der Waals surface area contributed by atoms with Crippen molar-refractivity contribution in [1.29, 1.82) is 0 Å². The fourth-order valence-corrected chi connectivity index (χ4v) is 3.89. The Kier molecular flexibility index (Phi) is 3.69. The standard InChI is InChI=1S/C17H21N3O4/c1-23-11-2-5-20-12(10-18-15(20)8-11)16(22)19-13-9-14(21)17(13)3-6-24-7-4-17/h2,5,8,10,13-14,21H,3-4,6-7,9H2,1H3,(H,19,22)/t13-,14-/m1/s1. The van der Waals surface area contributed by atoms with Crippen molar-refractivity contribution in [3.63, 3.8) is 0 Å². The number of aliphatic hydroxyl groups excluding tert-OH is 1. The van der Waals surface area contributed by atoms with Gasteiger partial charge in [-0.05, 0) is 25.3 Å². The second kappa shape index (κ2) is 5.75. The Labute approximate surface area is 139 Å². The smallest absolute Gasteiger partial charge is 0.270 e. The maximum atomic E-state index is 12.7. The van der Waals surface area contributed by atoms with Crippen LogP contribution >= 0.6 is 0 Å². The summed E-state index contributed by atoms with van der Waals surface area (Å²) in [5.74, 6) is 0.527. The van der Waals surface area contributed by atoms with E-state index in [0.717, 1.165) is 12.8 Å². The Bertz CT molecular complexity index is 766. The Morgan fingerprint density at radius 1 is 1.50 bits per heavy atom. The Hall–Kier alpha value is -2.12. The van der Waals surface area contributed by atoms with Crippen molar-refractivity contribution >= 4 is 11.6 Å². The van der Waals surface area contributed by atoms with E-state index in [9.17, 15) is 9.90 Å². The molecule has 2 aromatic rings. The lowest BCUT2D eigenvalue weighted by Gasteiger charge is -2.55. The summed E-state index contributed by atoms with van der Waals surface area (Å²) in [6.45, 7) is 1.28. The van der Waals surface area contributed by atoms with E-state index in [2.05, 4.69) is 10.3 Å². The zero-order valence-corrected chi connectivity index (χ0v) is 13.6. The first-order chi connectivity index (χ1) is 11.6. The van der Waals surface area contributed by atoms with Gasteiger partial charge in [0.15, 0.2) is 0 Å². The summed E-state index contributed by atoms with van der Waals surface area (Å²) >= 11 is 0. The molecule has 128 valence electrons. The van der Waals surface area contributed by atoms with Gasteiger partial charge in [0.2, 0.25) is 0 Å². The number of rotatable bonds is 3. The summed E-state index contributed by atoms with van der Waals surface area (Å²) in [6, 6.07) is 3.55. The quantitative estimate of drug-likeness (QED) is 0.876. The van der Waals surface area contributed by atoms with Crippen LogP contribution in [0.3, 0.4) is 0 Å². The van der Waals surface area contributed by atoms with E-state index in [-0.39, 0.29) is 23.5 Å². The predicted octanol–water partition coefficient (Wildman–Crippen LogP) is 1.00. The van der Waals surface area contributed by atoms with Gasteiger partial charge in [-0.25, -0.2) is 4.98 Å². The summed E-state index contributed by atoms with van der Waals surface area (Å²) in [7, 11) is 1.59. The molecule has 0 bridgehead atoms. The maximum Gasteiger partial charge on any atom is 0.270 e. The van der Waals surface area contributed by atoms with Gasteiger partial charge in [0.1, 0.15) is 17.1 Å². The molecule has 24 heavy (non-hydrogen) atoms. The van der Waals surface area contributed by atoms with Gasteiger partial charge in [0.05, 0.1) is 19.4 Å². The molecular weight excluding hydrogens is 310 g/mol. The van der Waals surface area contributed by atoms with Crippen molar-refractivity contribution in [2.45, 2.75) is 31.4 Å². The number of imidazole rings is 1. The summed E-state index contributed by atoms with van der Waals surface area (Å²) in [6.07, 6.45) is 5.13. The topological polar surface area (TPSA) is 85.1 Å². The number of hydrogen-bond acceptors (Lipinski definition) is 5. The Morgan fingerprint density at radius 3 is 3.00 bits per heavy atom. The number of fused-ring (bicyclic) bond motifs is 1. The second-order valence-corrected chi connectivity index (χ2v) is 6.56. The van der Waals surface area contributed by atoms with Gasteiger partial charge < -0.3 is 19.9 Å². The summed E-state index contributed by atoms with van der Waals surface area (Å²) in [4.78, 5) is 17.0. The van der Waals surface area contributed by atoms with Crippen LogP contribution in [0.2, 0.25) is 0 Å². The first kappa shape index (κ1) is 15.4. The SMILES string of the molecule is COc1ccn2c(C(=O)N[C@@H]3C[C@@H](O)C34CCOCC4)cnc2c1. The van der Waals surface area contributed by atoms with Gasteiger partial charge in [-0.2, -0.15) is 0 Å². The number of nitrogens with one attached hydrogen (secondary N) is 1. The molecule has 2 atom stereocenters. The van der Waals surface area contributed by atoms with Crippen LogP contribution in [0.5, 0.6) is 5.75 Å². The molecule has 1 aliphatic heterocycles. The first-order valence-corrected chi connectivity index (χ1v) is 8.22. The van der Waals surface area contributed by atoms with Crippen LogP contribution in [0.25, 0.3) is 5.65 Å². The van der Waals surface area contributed by atoms with Crippen LogP contribution in [-0.2, 0) is 4.74 Å². The molecule has 1 aliphatic carbocycles. The van der Waals surface area contributed by atoms with Crippen LogP contribution in [0, 0.1) is 5.41 Å². The van der Waals surface area contributed by atoms with Crippen LogP contribution in [0.15, 0.2) is 24.5 Å². The molecule has 0 aromatic carbocycles. The molecule has 0 unspecified atom stereocenters. The maximum absolute atomic E-state index is 12.7. The number of amides is 1. The van der Waals surface area contributed by atoms with Crippen LogP contribution in [-0.4, -0.2) is 52.9 Å². The fourth-order valence-electron chi connectivity index (χ4n) is 3.89. The minimum atomic E-state index is -0.363. The average molecular weight is 331 g/mol. The first-order valence-electron chi connectivity index (χ1n) is 8.22. The number of aromatic nitrogens is 2. The molecule has 1 saturated carbocycles. The van der Waals surface area contributed by atoms with E-state index in [1.807, 2.05) is 0 Å². The predicted molar refractivity (Wildman–Crippen MR) is 86.1 cm³/mol. The molecule has 7 nitrogen and oxygen atoms in total. The largest absolute Gasteiger partial charge is 0.497 e. The Morgan fingerprint density at radius 2 is 2.29 bits per heavy atom. The molecule has 1 spiro atoms. The normalized spacial score (nSPS) is 25.4. The molecule has 3 heterocycles. The molecule has 1 saturated heterocycles. The lowest BCUT2D eigenvalue weighted by Crippen LogP contribution is -2.65. The second-order valence-electron chi connectivity index (χ2n) is 6.56. The zero-order valence-electron chi connectivity index (χ0n) is 13.6. The van der Waals surface area contributed by atoms with Crippen molar-refractivity contribution in [2.75, 3.05) is 20.3 Å². The third-order valence-electron chi connectivity index (χ3n) is 5.50. The van der Waals surface area contributed by atoms with Crippen molar-refractivity contribution in [1.82, 2.24) is 14.7 Å². The van der Waals surface area contributed by atoms with Gasteiger partial charge in [0, 0.05) is 36.9 Å². The number of ether oxygens (including phenoxy) is 2. The molecule has 2 aromatic heterocycles. The van der Waals surface area contributed by atoms with Crippen molar-refractivity contribution in [3.8, 4) is 5.75 Å². The highest BCUT2D eigenvalue weighted by molar-refractivity contribution is 5.93. The average Bonchev–Trinajstić information content (AvgIpc) is 3.05. The molecule has 2 aliphatic rings. The Balaban J connectivity index is 1.54.